The van der Waals surface area contributed by atoms with E-state index in [-0.39, 0.29) is 23.5 Å². The molecule has 0 aliphatic carbocycles. The molecule has 2 heterocycles. The highest BCUT2D eigenvalue weighted by molar-refractivity contribution is 7.22. The van der Waals surface area contributed by atoms with Crippen molar-refractivity contribution in [2.75, 3.05) is 18.9 Å². The van der Waals surface area contributed by atoms with Crippen LogP contribution in [0.4, 0.5) is 14.5 Å². The molecule has 0 fully saturated rings. The second-order valence-corrected chi connectivity index (χ2v) is 14.2. The van der Waals surface area contributed by atoms with Gasteiger partial charge >= 0.3 is 0 Å². The van der Waals surface area contributed by atoms with Gasteiger partial charge in [-0.05, 0) is 80.6 Å². The maximum atomic E-state index is 14.9. The number of thiophene rings is 1. The predicted octanol–water partition coefficient (Wildman–Crippen LogP) is 8.46. The SMILES string of the molecule is CC(C)Cc1cn(Cc2c(F)cccc2F)c2sc(-c3ccc(NCCC(C)(C)O)cc3)c(CN(C)Cc3ccccc3)c2c1=O. The zero-order valence-electron chi connectivity index (χ0n) is 27.2. The van der Waals surface area contributed by atoms with E-state index in [1.807, 2.05) is 54.1 Å². The summed E-state index contributed by atoms with van der Waals surface area (Å²) >= 11 is 1.49. The van der Waals surface area contributed by atoms with E-state index in [2.05, 4.69) is 36.2 Å². The summed E-state index contributed by atoms with van der Waals surface area (Å²) in [5.74, 6) is -0.989. The van der Waals surface area contributed by atoms with Crippen molar-refractivity contribution in [2.45, 2.75) is 65.8 Å². The van der Waals surface area contributed by atoms with Crippen LogP contribution in [-0.4, -0.2) is 33.8 Å². The molecule has 5 aromatic rings. The first-order valence-electron chi connectivity index (χ1n) is 15.8. The van der Waals surface area contributed by atoms with Gasteiger partial charge in [0.15, 0.2) is 5.43 Å². The molecule has 0 aliphatic rings. The van der Waals surface area contributed by atoms with Crippen LogP contribution >= 0.6 is 11.3 Å². The molecule has 5 nitrogen and oxygen atoms in total. The van der Waals surface area contributed by atoms with Gasteiger partial charge in [-0.15, -0.1) is 11.3 Å². The molecule has 0 aliphatic heterocycles. The lowest BCUT2D eigenvalue weighted by molar-refractivity contribution is 0.0749. The third kappa shape index (κ3) is 8.10. The monoisotopic (exact) mass is 643 g/mol. The number of aliphatic hydroxyl groups is 1. The van der Waals surface area contributed by atoms with Crippen LogP contribution in [0, 0.1) is 17.6 Å². The van der Waals surface area contributed by atoms with Crippen LogP contribution in [0.1, 0.15) is 56.4 Å². The number of hydrogen-bond acceptors (Lipinski definition) is 5. The average Bonchev–Trinajstić information content (AvgIpc) is 3.36. The first kappa shape index (κ1) is 33.5. The Morgan fingerprint density at radius 3 is 2.24 bits per heavy atom. The summed E-state index contributed by atoms with van der Waals surface area (Å²) in [5, 5.41) is 14.1. The van der Waals surface area contributed by atoms with Gasteiger partial charge in [0.2, 0.25) is 0 Å². The number of rotatable bonds is 13. The van der Waals surface area contributed by atoms with E-state index in [1.165, 1.54) is 35.1 Å². The van der Waals surface area contributed by atoms with Crippen molar-refractivity contribution in [3.8, 4) is 10.4 Å². The highest BCUT2D eigenvalue weighted by atomic mass is 32.1. The van der Waals surface area contributed by atoms with Crippen molar-refractivity contribution in [3.63, 3.8) is 0 Å². The molecule has 0 saturated heterocycles. The Labute approximate surface area is 274 Å². The number of anilines is 1. The van der Waals surface area contributed by atoms with Crippen molar-refractivity contribution >= 4 is 27.2 Å². The number of nitrogens with one attached hydrogen (secondary N) is 1. The van der Waals surface area contributed by atoms with Crippen molar-refractivity contribution in [1.29, 1.82) is 0 Å². The summed E-state index contributed by atoms with van der Waals surface area (Å²) in [6.45, 7) is 9.53. The van der Waals surface area contributed by atoms with E-state index < -0.39 is 17.2 Å². The summed E-state index contributed by atoms with van der Waals surface area (Å²) < 4.78 is 31.7. The fourth-order valence-corrected chi connectivity index (χ4v) is 7.06. The average molecular weight is 644 g/mol. The van der Waals surface area contributed by atoms with E-state index in [0.717, 1.165) is 21.7 Å². The summed E-state index contributed by atoms with van der Waals surface area (Å²) in [6.07, 6.45) is 2.96. The molecule has 5 rings (SSSR count). The molecule has 0 bridgehead atoms. The minimum atomic E-state index is -0.754. The first-order valence-corrected chi connectivity index (χ1v) is 16.6. The Kier molecular flexibility index (Phi) is 10.4. The number of halogens is 2. The topological polar surface area (TPSA) is 57.5 Å². The van der Waals surface area contributed by atoms with Crippen molar-refractivity contribution in [2.24, 2.45) is 5.92 Å². The van der Waals surface area contributed by atoms with E-state index >= 15 is 0 Å². The molecule has 0 atom stereocenters. The van der Waals surface area contributed by atoms with Crippen molar-refractivity contribution in [3.05, 3.63) is 123 Å². The third-order valence-electron chi connectivity index (χ3n) is 8.03. The number of hydrogen-bond donors (Lipinski definition) is 2. The summed E-state index contributed by atoms with van der Waals surface area (Å²) in [5.41, 5.74) is 3.82. The molecule has 8 heteroatoms. The van der Waals surface area contributed by atoms with Crippen molar-refractivity contribution in [1.82, 2.24) is 9.47 Å². The Bertz CT molecular complexity index is 1820. The van der Waals surface area contributed by atoms with Crippen molar-refractivity contribution < 1.29 is 13.9 Å². The van der Waals surface area contributed by atoms with Gasteiger partial charge in [-0.25, -0.2) is 8.78 Å². The molecule has 0 amide bonds. The first-order chi connectivity index (χ1) is 21.9. The maximum Gasteiger partial charge on any atom is 0.193 e. The highest BCUT2D eigenvalue weighted by Crippen LogP contribution is 2.39. The number of aromatic nitrogens is 1. The van der Waals surface area contributed by atoms with Gasteiger partial charge in [0, 0.05) is 47.5 Å². The summed E-state index contributed by atoms with van der Waals surface area (Å²) in [4.78, 5) is 18.1. The number of fused-ring (bicyclic) bond motifs is 1. The minimum Gasteiger partial charge on any atom is -0.390 e. The summed E-state index contributed by atoms with van der Waals surface area (Å²) in [6, 6.07) is 22.2. The minimum absolute atomic E-state index is 0.0236. The highest BCUT2D eigenvalue weighted by Gasteiger charge is 2.23. The fraction of sp³-hybridized carbons (Fsp3) is 0.342. The second kappa shape index (κ2) is 14.3. The predicted molar refractivity (Wildman–Crippen MR) is 187 cm³/mol. The van der Waals surface area contributed by atoms with Gasteiger partial charge in [0.05, 0.1) is 17.5 Å². The molecular formula is C38H43F2N3O2S. The standard InChI is InChI=1S/C38H43F2N3O2S/c1-25(2)20-28-22-43(24-30-32(39)12-9-13-33(30)40)37-34(35(28)44)31(23-42(5)21-26-10-7-6-8-11-26)36(46-37)27-14-16-29(17-15-27)41-19-18-38(3,4)45/h6-17,22,25,41,45H,18-21,23-24H2,1-5H3. The Morgan fingerprint density at radius 1 is 0.935 bits per heavy atom. The molecule has 0 saturated carbocycles. The van der Waals surface area contributed by atoms with Gasteiger partial charge in [-0.3, -0.25) is 9.69 Å². The van der Waals surface area contributed by atoms with Gasteiger partial charge in [0.1, 0.15) is 16.5 Å². The lowest BCUT2D eigenvalue weighted by Gasteiger charge is -2.19. The van der Waals surface area contributed by atoms with E-state index in [4.69, 9.17) is 0 Å². The van der Waals surface area contributed by atoms with Gasteiger partial charge in [-0.1, -0.05) is 62.4 Å². The van der Waals surface area contributed by atoms with Crippen LogP contribution in [0.5, 0.6) is 0 Å². The van der Waals surface area contributed by atoms with Crippen LogP contribution in [0.15, 0.2) is 83.8 Å². The molecule has 0 unspecified atom stereocenters. The molecular weight excluding hydrogens is 601 g/mol. The molecule has 0 radical (unpaired) electrons. The number of pyridine rings is 1. The zero-order chi connectivity index (χ0) is 33.0. The molecule has 2 N–H and O–H groups in total. The quantitative estimate of drug-likeness (QED) is 0.135. The molecule has 46 heavy (non-hydrogen) atoms. The Morgan fingerprint density at radius 2 is 1.61 bits per heavy atom. The van der Waals surface area contributed by atoms with Crippen LogP contribution in [0.25, 0.3) is 20.7 Å². The van der Waals surface area contributed by atoms with Gasteiger partial charge in [0.25, 0.3) is 0 Å². The molecule has 0 spiro atoms. The van der Waals surface area contributed by atoms with Gasteiger partial charge < -0.3 is 15.0 Å². The molecule has 3 aromatic carbocycles. The number of benzene rings is 3. The fourth-order valence-electron chi connectivity index (χ4n) is 5.77. The Balaban J connectivity index is 1.64. The van der Waals surface area contributed by atoms with Crippen LogP contribution in [0.2, 0.25) is 0 Å². The van der Waals surface area contributed by atoms with Crippen LogP contribution in [-0.2, 0) is 26.1 Å². The van der Waals surface area contributed by atoms with E-state index in [0.29, 0.717) is 48.3 Å². The maximum absolute atomic E-state index is 14.9. The normalized spacial score (nSPS) is 12.0. The van der Waals surface area contributed by atoms with E-state index in [1.54, 1.807) is 20.0 Å². The largest absolute Gasteiger partial charge is 0.390 e. The molecule has 2 aromatic heterocycles. The van der Waals surface area contributed by atoms with E-state index in [9.17, 15) is 18.7 Å². The van der Waals surface area contributed by atoms with Crippen LogP contribution in [0.3, 0.4) is 0 Å². The lowest BCUT2D eigenvalue weighted by Crippen LogP contribution is -2.22. The van der Waals surface area contributed by atoms with Crippen LogP contribution < -0.4 is 10.7 Å². The third-order valence-corrected chi connectivity index (χ3v) is 9.35. The second-order valence-electron chi connectivity index (χ2n) is 13.2. The summed E-state index contributed by atoms with van der Waals surface area (Å²) in [7, 11) is 2.04. The zero-order valence-corrected chi connectivity index (χ0v) is 28.1. The molecule has 242 valence electrons. The van der Waals surface area contributed by atoms with Gasteiger partial charge in [-0.2, -0.15) is 0 Å². The Hall–Kier alpha value is -3.85. The lowest BCUT2D eigenvalue weighted by atomic mass is 10.00. The smallest absolute Gasteiger partial charge is 0.193 e. The number of nitrogens with zero attached hydrogens (tertiary/aromatic N) is 2.